The van der Waals surface area contributed by atoms with Crippen LogP contribution in [0.5, 0.6) is 5.75 Å². The van der Waals surface area contributed by atoms with Crippen molar-refractivity contribution in [3.05, 3.63) is 54.1 Å². The minimum Gasteiger partial charge on any atom is -0.495 e. The quantitative estimate of drug-likeness (QED) is 0.735. The summed E-state index contributed by atoms with van der Waals surface area (Å²) in [6.45, 7) is 1.42. The van der Waals surface area contributed by atoms with Crippen LogP contribution in [-0.4, -0.2) is 33.5 Å². The largest absolute Gasteiger partial charge is 0.495 e. The number of nitrogens with one attached hydrogen (secondary N) is 1. The molecule has 0 bridgehead atoms. The van der Waals surface area contributed by atoms with Crippen LogP contribution in [0.1, 0.15) is 17.3 Å². The van der Waals surface area contributed by atoms with E-state index in [-0.39, 0.29) is 10.5 Å². The van der Waals surface area contributed by atoms with Crippen LogP contribution in [0, 0.1) is 0 Å². The molecule has 0 aliphatic heterocycles. The predicted octanol–water partition coefficient (Wildman–Crippen LogP) is 1.53. The second kappa shape index (κ2) is 7.98. The van der Waals surface area contributed by atoms with Crippen molar-refractivity contribution in [2.45, 2.75) is 17.9 Å². The van der Waals surface area contributed by atoms with Gasteiger partial charge in [-0.3, -0.25) is 4.79 Å². The number of esters is 1. The lowest BCUT2D eigenvalue weighted by molar-refractivity contribution is -0.123. The summed E-state index contributed by atoms with van der Waals surface area (Å²) in [6, 6.07) is 11.7. The van der Waals surface area contributed by atoms with Crippen LogP contribution in [-0.2, 0) is 19.6 Å². The lowest BCUT2D eigenvalue weighted by atomic mass is 10.2. The number of anilines is 1. The zero-order chi connectivity index (χ0) is 19.3. The summed E-state index contributed by atoms with van der Waals surface area (Å²) in [7, 11) is -2.38. The molecular formula is C17H18N2O6S. The molecule has 8 nitrogen and oxygen atoms in total. The van der Waals surface area contributed by atoms with Crippen molar-refractivity contribution in [1.82, 2.24) is 0 Å². The summed E-state index contributed by atoms with van der Waals surface area (Å²) >= 11 is 0. The third-order valence-corrected chi connectivity index (χ3v) is 4.37. The maximum absolute atomic E-state index is 12.2. The highest BCUT2D eigenvalue weighted by Crippen LogP contribution is 2.23. The maximum Gasteiger partial charge on any atom is 0.338 e. The third-order valence-electron chi connectivity index (χ3n) is 3.44. The van der Waals surface area contributed by atoms with Crippen LogP contribution < -0.4 is 15.2 Å². The van der Waals surface area contributed by atoms with Crippen molar-refractivity contribution in [3.63, 3.8) is 0 Å². The van der Waals surface area contributed by atoms with E-state index >= 15 is 0 Å². The fourth-order valence-corrected chi connectivity index (χ4v) is 2.56. The Bertz CT molecular complexity index is 909. The molecule has 0 aromatic heterocycles. The number of hydrogen-bond donors (Lipinski definition) is 2. The molecule has 1 atom stereocenters. The van der Waals surface area contributed by atoms with E-state index in [1.807, 2.05) is 0 Å². The van der Waals surface area contributed by atoms with Gasteiger partial charge in [0.05, 0.1) is 23.3 Å². The summed E-state index contributed by atoms with van der Waals surface area (Å²) in [5, 5.41) is 7.60. The molecule has 0 aliphatic rings. The van der Waals surface area contributed by atoms with E-state index in [1.165, 1.54) is 38.3 Å². The monoisotopic (exact) mass is 378 g/mol. The molecule has 1 amide bonds. The average molecular weight is 378 g/mol. The first-order valence-electron chi connectivity index (χ1n) is 7.50. The van der Waals surface area contributed by atoms with E-state index in [0.29, 0.717) is 11.4 Å². The van der Waals surface area contributed by atoms with Crippen LogP contribution in [0.3, 0.4) is 0 Å². The number of rotatable bonds is 6. The number of primary sulfonamides is 1. The predicted molar refractivity (Wildman–Crippen MR) is 94.3 cm³/mol. The number of nitrogens with two attached hydrogens (primary N) is 1. The van der Waals surface area contributed by atoms with Gasteiger partial charge in [-0.05, 0) is 43.3 Å². The summed E-state index contributed by atoms with van der Waals surface area (Å²) < 4.78 is 32.6. The van der Waals surface area contributed by atoms with Crippen molar-refractivity contribution in [2.75, 3.05) is 12.4 Å². The van der Waals surface area contributed by atoms with Crippen LogP contribution in [0.4, 0.5) is 5.69 Å². The summed E-state index contributed by atoms with van der Waals surface area (Å²) in [4.78, 5) is 24.2. The van der Waals surface area contributed by atoms with Crippen LogP contribution in [0.15, 0.2) is 53.4 Å². The number of ether oxygens (including phenoxy) is 2. The smallest absolute Gasteiger partial charge is 0.338 e. The Kier molecular flexibility index (Phi) is 5.96. The lowest BCUT2D eigenvalue weighted by Crippen LogP contribution is -2.30. The van der Waals surface area contributed by atoms with Gasteiger partial charge in [-0.25, -0.2) is 18.4 Å². The number of sulfonamides is 1. The van der Waals surface area contributed by atoms with Gasteiger partial charge in [-0.2, -0.15) is 0 Å². The Morgan fingerprint density at radius 1 is 1.08 bits per heavy atom. The average Bonchev–Trinajstić information content (AvgIpc) is 2.61. The van der Waals surface area contributed by atoms with Crippen LogP contribution >= 0.6 is 0 Å². The van der Waals surface area contributed by atoms with Crippen LogP contribution in [0.2, 0.25) is 0 Å². The molecule has 0 spiro atoms. The van der Waals surface area contributed by atoms with Gasteiger partial charge in [-0.15, -0.1) is 0 Å². The standard InChI is InChI=1S/C17H18N2O6S/c1-11(16(20)19-14-5-3-4-6-15(14)24-2)25-17(21)12-7-9-13(10-8-12)26(18,22)23/h3-11H,1-2H3,(H,19,20)(H2,18,22,23)/t11-/m0/s1. The molecule has 0 unspecified atom stereocenters. The van der Waals surface area contributed by atoms with Crippen LogP contribution in [0.25, 0.3) is 0 Å². The number of carbonyl (C=O) groups excluding carboxylic acids is 2. The topological polar surface area (TPSA) is 125 Å². The van der Waals surface area contributed by atoms with Crippen molar-refractivity contribution < 1.29 is 27.5 Å². The number of hydrogen-bond acceptors (Lipinski definition) is 6. The van der Waals surface area contributed by atoms with E-state index < -0.39 is 28.0 Å². The molecule has 3 N–H and O–H groups in total. The zero-order valence-electron chi connectivity index (χ0n) is 14.1. The molecule has 9 heteroatoms. The first-order valence-corrected chi connectivity index (χ1v) is 9.04. The molecule has 2 rings (SSSR count). The Balaban J connectivity index is 2.03. The minimum absolute atomic E-state index is 0.0920. The molecule has 2 aromatic rings. The molecule has 0 saturated heterocycles. The fourth-order valence-electron chi connectivity index (χ4n) is 2.05. The van der Waals surface area contributed by atoms with E-state index in [2.05, 4.69) is 5.32 Å². The summed E-state index contributed by atoms with van der Waals surface area (Å²) in [5.41, 5.74) is 0.537. The Morgan fingerprint density at radius 3 is 2.27 bits per heavy atom. The SMILES string of the molecule is COc1ccccc1NC(=O)[C@H](C)OC(=O)c1ccc(S(N)(=O)=O)cc1. The van der Waals surface area contributed by atoms with Gasteiger partial charge in [0.15, 0.2) is 6.10 Å². The molecule has 0 radical (unpaired) electrons. The third kappa shape index (κ3) is 4.80. The molecule has 0 heterocycles. The molecule has 138 valence electrons. The van der Waals surface area contributed by atoms with Gasteiger partial charge in [0.1, 0.15) is 5.75 Å². The lowest BCUT2D eigenvalue weighted by Gasteiger charge is -2.15. The molecule has 0 aliphatic carbocycles. The van der Waals surface area contributed by atoms with Gasteiger partial charge in [0, 0.05) is 0 Å². The van der Waals surface area contributed by atoms with Crippen molar-refractivity contribution in [2.24, 2.45) is 5.14 Å². The number of para-hydroxylation sites is 2. The first kappa shape index (κ1) is 19.4. The number of amides is 1. The fraction of sp³-hybridized carbons (Fsp3) is 0.176. The van der Waals surface area contributed by atoms with Gasteiger partial charge < -0.3 is 14.8 Å². The number of carbonyl (C=O) groups is 2. The summed E-state index contributed by atoms with van der Waals surface area (Å²) in [6.07, 6.45) is -1.08. The molecular weight excluding hydrogens is 360 g/mol. The van der Waals surface area contributed by atoms with E-state index in [0.717, 1.165) is 0 Å². The minimum atomic E-state index is -3.85. The zero-order valence-corrected chi connectivity index (χ0v) is 14.9. The van der Waals surface area contributed by atoms with Gasteiger partial charge in [0.2, 0.25) is 10.0 Å². The molecule has 2 aromatic carbocycles. The van der Waals surface area contributed by atoms with Gasteiger partial charge >= 0.3 is 5.97 Å². The second-order valence-corrected chi connectivity index (χ2v) is 6.87. The van der Waals surface area contributed by atoms with E-state index in [1.54, 1.807) is 24.3 Å². The van der Waals surface area contributed by atoms with Crippen molar-refractivity contribution >= 4 is 27.6 Å². The second-order valence-electron chi connectivity index (χ2n) is 5.31. The Hall–Kier alpha value is -2.91. The van der Waals surface area contributed by atoms with E-state index in [4.69, 9.17) is 14.6 Å². The normalized spacial score (nSPS) is 12.1. The number of benzene rings is 2. The van der Waals surface area contributed by atoms with Gasteiger partial charge in [0.25, 0.3) is 5.91 Å². The van der Waals surface area contributed by atoms with Crippen molar-refractivity contribution in [3.8, 4) is 5.75 Å². The molecule has 0 saturated carbocycles. The highest BCUT2D eigenvalue weighted by atomic mass is 32.2. The first-order chi connectivity index (χ1) is 12.2. The summed E-state index contributed by atoms with van der Waals surface area (Å²) in [5.74, 6) is -0.837. The Labute approximate surface area is 151 Å². The Morgan fingerprint density at radius 2 is 1.69 bits per heavy atom. The van der Waals surface area contributed by atoms with E-state index in [9.17, 15) is 18.0 Å². The molecule has 26 heavy (non-hydrogen) atoms. The maximum atomic E-state index is 12.2. The number of methoxy groups -OCH3 is 1. The van der Waals surface area contributed by atoms with Crippen molar-refractivity contribution in [1.29, 1.82) is 0 Å². The molecule has 0 fully saturated rings. The van der Waals surface area contributed by atoms with Gasteiger partial charge in [-0.1, -0.05) is 12.1 Å². The highest BCUT2D eigenvalue weighted by Gasteiger charge is 2.20. The highest BCUT2D eigenvalue weighted by molar-refractivity contribution is 7.89.